The molecule has 0 fully saturated rings. The van der Waals surface area contributed by atoms with E-state index in [2.05, 4.69) is 19.1 Å². The number of likely N-dealkylation sites (N-methyl/N-ethyl adjacent to an activating group) is 1. The maximum atomic E-state index is 11.7. The third-order valence-electron chi connectivity index (χ3n) is 4.45. The molecule has 0 atom stereocenters. The number of hydrogen-bond donors (Lipinski definition) is 1. The third-order valence-corrected chi connectivity index (χ3v) is 4.45. The fourth-order valence-electron chi connectivity index (χ4n) is 2.83. The van der Waals surface area contributed by atoms with Crippen LogP contribution in [0, 0.1) is 0 Å². The van der Waals surface area contributed by atoms with Crippen LogP contribution in [0.3, 0.4) is 0 Å². The minimum atomic E-state index is -0.958. The van der Waals surface area contributed by atoms with Gasteiger partial charge < -0.3 is 10.0 Å². The van der Waals surface area contributed by atoms with Crippen LogP contribution in [0.4, 0.5) is 0 Å². The van der Waals surface area contributed by atoms with Crippen LogP contribution in [0.2, 0.25) is 0 Å². The Morgan fingerprint density at radius 3 is 1.77 bits per heavy atom. The van der Waals surface area contributed by atoms with Gasteiger partial charge in [0.05, 0.1) is 0 Å². The molecule has 0 aliphatic heterocycles. The number of nitrogens with zero attached hydrogens (tertiary/aromatic N) is 1. The minimum absolute atomic E-state index is 0. The van der Waals surface area contributed by atoms with Gasteiger partial charge in [-0.2, -0.15) is 0 Å². The fourth-order valence-corrected chi connectivity index (χ4v) is 2.83. The van der Waals surface area contributed by atoms with Crippen LogP contribution in [0.25, 0.3) is 0 Å². The molecular weight excluding hydrogens is 353 g/mol. The molecule has 0 aromatic carbocycles. The molecule has 0 aromatic heterocycles. The summed E-state index contributed by atoms with van der Waals surface area (Å²) in [7, 11) is 1.55. The van der Waals surface area contributed by atoms with Crippen molar-refractivity contribution in [1.29, 1.82) is 0 Å². The van der Waals surface area contributed by atoms with Crippen LogP contribution >= 0.6 is 0 Å². The summed E-state index contributed by atoms with van der Waals surface area (Å²) in [6, 6.07) is 0. The average Bonchev–Trinajstić information content (AvgIpc) is 2.57. The second-order valence-corrected chi connectivity index (χ2v) is 6.98. The van der Waals surface area contributed by atoms with E-state index in [1.807, 2.05) is 0 Å². The summed E-state index contributed by atoms with van der Waals surface area (Å²) >= 11 is 0. The van der Waals surface area contributed by atoms with Gasteiger partial charge in [0.25, 0.3) is 0 Å². The molecule has 0 rings (SSSR count). The van der Waals surface area contributed by atoms with Crippen LogP contribution in [-0.2, 0) is 9.59 Å². The topological polar surface area (TPSA) is 57.6 Å². The van der Waals surface area contributed by atoms with Crippen LogP contribution in [0.15, 0.2) is 12.2 Å². The standard InChI is InChI=1S/C21H39NO3.K.H/c1-3-4-5-6-7-8-9-10-11-12-13-14-15-16-17-18-20(23)22(2)19-21(24)25;;/h10-11H,3-9,12-19H2,1-2H3,(H,24,25);;/b11-10-;;. The molecule has 5 heteroatoms. The van der Waals surface area contributed by atoms with Crippen LogP contribution in [0.1, 0.15) is 96.8 Å². The summed E-state index contributed by atoms with van der Waals surface area (Å²) in [6.07, 6.45) is 21.1. The monoisotopic (exact) mass is 393 g/mol. The van der Waals surface area contributed by atoms with Crippen molar-refractivity contribution in [3.63, 3.8) is 0 Å². The maximum absolute atomic E-state index is 11.7. The van der Waals surface area contributed by atoms with Gasteiger partial charge in [0, 0.05) is 13.5 Å². The molecule has 1 N–H and O–H groups in total. The van der Waals surface area contributed by atoms with Gasteiger partial charge in [0.15, 0.2) is 0 Å². The van der Waals surface area contributed by atoms with Crippen LogP contribution in [0.5, 0.6) is 0 Å². The number of unbranched alkanes of at least 4 members (excludes halogenated alkanes) is 11. The Bertz CT molecular complexity index is 372. The SMILES string of the molecule is CCCCCCCC/C=C\CCCCCCCC(=O)N(C)CC(=O)O.[KH]. The quantitative estimate of drug-likeness (QED) is 0.217. The van der Waals surface area contributed by atoms with E-state index in [0.717, 1.165) is 25.7 Å². The van der Waals surface area contributed by atoms with E-state index in [4.69, 9.17) is 5.11 Å². The first-order valence-electron chi connectivity index (χ1n) is 10.2. The Morgan fingerprint density at radius 1 is 0.808 bits per heavy atom. The molecule has 0 unspecified atom stereocenters. The summed E-state index contributed by atoms with van der Waals surface area (Å²) in [6.45, 7) is 2.05. The summed E-state index contributed by atoms with van der Waals surface area (Å²) in [5.74, 6) is -1.03. The molecule has 1 amide bonds. The number of aliphatic carboxylic acids is 1. The van der Waals surface area contributed by atoms with Gasteiger partial charge in [0.2, 0.25) is 5.91 Å². The zero-order chi connectivity index (χ0) is 18.8. The first-order valence-corrected chi connectivity index (χ1v) is 10.2. The van der Waals surface area contributed by atoms with E-state index in [1.54, 1.807) is 7.05 Å². The van der Waals surface area contributed by atoms with Crippen molar-refractivity contribution in [3.8, 4) is 0 Å². The van der Waals surface area contributed by atoms with Crippen LogP contribution in [-0.4, -0.2) is 86.9 Å². The molecule has 0 aliphatic carbocycles. The van der Waals surface area contributed by atoms with E-state index in [1.165, 1.54) is 62.7 Å². The molecule has 4 nitrogen and oxygen atoms in total. The fraction of sp³-hybridized carbons (Fsp3) is 0.810. The molecule has 0 saturated heterocycles. The van der Waals surface area contributed by atoms with E-state index in [9.17, 15) is 9.59 Å². The Morgan fingerprint density at radius 2 is 1.27 bits per heavy atom. The molecule has 0 aromatic rings. The Kier molecular flexibility index (Phi) is 23.7. The number of hydrogen-bond acceptors (Lipinski definition) is 2. The number of carboxylic acids is 1. The number of allylic oxidation sites excluding steroid dienone is 2. The number of carbonyl (C=O) groups excluding carboxylic acids is 1. The van der Waals surface area contributed by atoms with Crippen LogP contribution < -0.4 is 0 Å². The summed E-state index contributed by atoms with van der Waals surface area (Å²) in [5, 5.41) is 8.64. The van der Waals surface area contributed by atoms with Gasteiger partial charge in [-0.05, 0) is 32.1 Å². The molecule has 0 radical (unpaired) electrons. The van der Waals surface area contributed by atoms with Crippen molar-refractivity contribution in [3.05, 3.63) is 12.2 Å². The Balaban J connectivity index is 0. The van der Waals surface area contributed by atoms with Gasteiger partial charge in [-0.1, -0.05) is 70.4 Å². The number of rotatable bonds is 17. The van der Waals surface area contributed by atoms with Gasteiger partial charge >= 0.3 is 57.4 Å². The Labute approximate surface area is 203 Å². The second kappa shape index (κ2) is 21.6. The van der Waals surface area contributed by atoms with E-state index in [0.29, 0.717) is 6.42 Å². The van der Waals surface area contributed by atoms with Crippen molar-refractivity contribution in [1.82, 2.24) is 4.90 Å². The van der Waals surface area contributed by atoms with E-state index in [-0.39, 0.29) is 63.8 Å². The number of carboxylic acid groups (broad SMARTS) is 1. The van der Waals surface area contributed by atoms with Crippen molar-refractivity contribution in [2.75, 3.05) is 13.6 Å². The Hall–Kier alpha value is 0.316. The third kappa shape index (κ3) is 20.6. The molecule has 148 valence electrons. The van der Waals surface area contributed by atoms with Crippen molar-refractivity contribution in [2.45, 2.75) is 96.8 Å². The van der Waals surface area contributed by atoms with Gasteiger partial charge in [0.1, 0.15) is 6.54 Å². The zero-order valence-corrected chi connectivity index (χ0v) is 16.5. The van der Waals surface area contributed by atoms with Crippen molar-refractivity contribution < 1.29 is 14.7 Å². The second-order valence-electron chi connectivity index (χ2n) is 6.98. The molecule has 26 heavy (non-hydrogen) atoms. The molecular formula is C21H40KNO3. The predicted octanol–water partition coefficient (Wildman–Crippen LogP) is 4.92. The molecule has 0 bridgehead atoms. The predicted molar refractivity (Wildman–Crippen MR) is 112 cm³/mol. The van der Waals surface area contributed by atoms with Crippen molar-refractivity contribution >= 4 is 63.3 Å². The number of carbonyl (C=O) groups is 2. The van der Waals surface area contributed by atoms with E-state index < -0.39 is 5.97 Å². The molecule has 0 heterocycles. The van der Waals surface area contributed by atoms with Gasteiger partial charge in [-0.3, -0.25) is 9.59 Å². The van der Waals surface area contributed by atoms with Gasteiger partial charge in [-0.15, -0.1) is 0 Å². The summed E-state index contributed by atoms with van der Waals surface area (Å²) in [5.41, 5.74) is 0. The van der Waals surface area contributed by atoms with Crippen molar-refractivity contribution in [2.24, 2.45) is 0 Å². The first kappa shape index (κ1) is 28.5. The zero-order valence-electron chi connectivity index (χ0n) is 16.5. The molecule has 0 aliphatic rings. The van der Waals surface area contributed by atoms with E-state index >= 15 is 0 Å². The summed E-state index contributed by atoms with van der Waals surface area (Å²) in [4.78, 5) is 23.5. The average molecular weight is 394 g/mol. The summed E-state index contributed by atoms with van der Waals surface area (Å²) < 4.78 is 0. The molecule has 0 spiro atoms. The normalized spacial score (nSPS) is 10.7. The molecule has 0 saturated carbocycles. The number of amides is 1. The van der Waals surface area contributed by atoms with Gasteiger partial charge in [-0.25, -0.2) is 0 Å². The first-order chi connectivity index (χ1) is 12.1.